The average molecular weight is 281 g/mol. The first-order valence-corrected chi connectivity index (χ1v) is 7.16. The fourth-order valence-corrected chi connectivity index (χ4v) is 2.65. The molecule has 2 rings (SSSR count). The van der Waals surface area contributed by atoms with E-state index in [0.29, 0.717) is 0 Å². The second-order valence-corrected chi connectivity index (χ2v) is 5.35. The van der Waals surface area contributed by atoms with Gasteiger partial charge in [-0.25, -0.2) is 4.79 Å². The number of carbonyl (C=O) groups is 1. The predicted octanol–water partition coefficient (Wildman–Crippen LogP) is 2.68. The highest BCUT2D eigenvalue weighted by Crippen LogP contribution is 2.38. The largest absolute Gasteiger partial charge is 0.463 e. The number of furan rings is 1. The van der Waals surface area contributed by atoms with E-state index in [-0.39, 0.29) is 17.4 Å². The van der Waals surface area contributed by atoms with Crippen molar-refractivity contribution in [2.45, 2.75) is 44.8 Å². The number of hydrogen-bond acceptors (Lipinski definition) is 5. The van der Waals surface area contributed by atoms with Gasteiger partial charge in [-0.15, -0.1) is 0 Å². The van der Waals surface area contributed by atoms with E-state index in [0.717, 1.165) is 38.2 Å². The van der Waals surface area contributed by atoms with Crippen LogP contribution in [0.3, 0.4) is 0 Å². The SMILES string of the molecule is CCCNC(c1ccc(C(=O)OC)o1)C1(C)CCCO1. The Morgan fingerprint density at radius 2 is 2.35 bits per heavy atom. The van der Waals surface area contributed by atoms with Gasteiger partial charge >= 0.3 is 5.97 Å². The van der Waals surface area contributed by atoms with E-state index in [9.17, 15) is 4.79 Å². The van der Waals surface area contributed by atoms with Crippen LogP contribution in [-0.4, -0.2) is 31.8 Å². The van der Waals surface area contributed by atoms with Crippen molar-refractivity contribution in [3.63, 3.8) is 0 Å². The maximum atomic E-state index is 11.5. The lowest BCUT2D eigenvalue weighted by molar-refractivity contribution is -0.0185. The molecule has 0 aromatic carbocycles. The molecule has 2 atom stereocenters. The molecular formula is C15H23NO4. The maximum Gasteiger partial charge on any atom is 0.373 e. The van der Waals surface area contributed by atoms with Crippen LogP contribution in [0.1, 0.15) is 55.5 Å². The molecule has 1 fully saturated rings. The number of esters is 1. The zero-order valence-electron chi connectivity index (χ0n) is 12.4. The minimum absolute atomic E-state index is 0.0524. The summed E-state index contributed by atoms with van der Waals surface area (Å²) in [5, 5.41) is 3.47. The van der Waals surface area contributed by atoms with E-state index in [4.69, 9.17) is 9.15 Å². The number of ether oxygens (including phenoxy) is 2. The van der Waals surface area contributed by atoms with Gasteiger partial charge in [0.05, 0.1) is 18.8 Å². The molecule has 1 N–H and O–H groups in total. The van der Waals surface area contributed by atoms with E-state index >= 15 is 0 Å². The number of hydrogen-bond donors (Lipinski definition) is 1. The summed E-state index contributed by atoms with van der Waals surface area (Å²) in [6.07, 6.45) is 3.05. The molecule has 0 spiro atoms. The summed E-state index contributed by atoms with van der Waals surface area (Å²) < 4.78 is 16.2. The Bertz CT molecular complexity index is 448. The fourth-order valence-electron chi connectivity index (χ4n) is 2.65. The van der Waals surface area contributed by atoms with E-state index in [1.807, 2.05) is 6.07 Å². The van der Waals surface area contributed by atoms with Crippen molar-refractivity contribution in [1.82, 2.24) is 5.32 Å². The number of carbonyl (C=O) groups excluding carboxylic acids is 1. The highest BCUT2D eigenvalue weighted by atomic mass is 16.5. The van der Waals surface area contributed by atoms with Crippen LogP contribution in [0.15, 0.2) is 16.5 Å². The third kappa shape index (κ3) is 3.04. The molecule has 5 heteroatoms. The Morgan fingerprint density at radius 1 is 1.55 bits per heavy atom. The first-order valence-electron chi connectivity index (χ1n) is 7.16. The summed E-state index contributed by atoms with van der Waals surface area (Å²) in [5.41, 5.74) is -0.291. The molecule has 1 aliphatic rings. The van der Waals surface area contributed by atoms with Crippen LogP contribution in [0, 0.1) is 0 Å². The average Bonchev–Trinajstić information content (AvgIpc) is 3.08. The highest BCUT2D eigenvalue weighted by Gasteiger charge is 2.40. The minimum Gasteiger partial charge on any atom is -0.463 e. The van der Waals surface area contributed by atoms with Gasteiger partial charge in [0.2, 0.25) is 5.76 Å². The van der Waals surface area contributed by atoms with Gasteiger partial charge in [0.15, 0.2) is 0 Å². The van der Waals surface area contributed by atoms with Gasteiger partial charge < -0.3 is 19.2 Å². The molecule has 112 valence electrons. The third-order valence-electron chi connectivity index (χ3n) is 3.76. The van der Waals surface area contributed by atoms with Crippen LogP contribution in [0.4, 0.5) is 0 Å². The monoisotopic (exact) mass is 281 g/mol. The molecule has 0 bridgehead atoms. The summed E-state index contributed by atoms with van der Waals surface area (Å²) in [6.45, 7) is 5.85. The molecule has 0 radical (unpaired) electrons. The van der Waals surface area contributed by atoms with Crippen molar-refractivity contribution >= 4 is 5.97 Å². The van der Waals surface area contributed by atoms with Gasteiger partial charge in [-0.2, -0.15) is 0 Å². The molecule has 5 nitrogen and oxygen atoms in total. The lowest BCUT2D eigenvalue weighted by Crippen LogP contribution is -2.41. The van der Waals surface area contributed by atoms with Gasteiger partial charge in [0, 0.05) is 6.61 Å². The summed E-state index contributed by atoms with van der Waals surface area (Å²) in [6, 6.07) is 3.43. The lowest BCUT2D eigenvalue weighted by atomic mass is 9.91. The Morgan fingerprint density at radius 3 is 2.95 bits per heavy atom. The molecule has 1 aromatic rings. The summed E-state index contributed by atoms with van der Waals surface area (Å²) in [7, 11) is 1.35. The van der Waals surface area contributed by atoms with Crippen LogP contribution in [0.2, 0.25) is 0 Å². The zero-order chi connectivity index (χ0) is 14.6. The van der Waals surface area contributed by atoms with E-state index in [1.54, 1.807) is 6.07 Å². The van der Waals surface area contributed by atoms with Gasteiger partial charge in [-0.05, 0) is 44.9 Å². The number of nitrogens with one attached hydrogen (secondary N) is 1. The van der Waals surface area contributed by atoms with E-state index < -0.39 is 5.97 Å². The topological polar surface area (TPSA) is 60.7 Å². The molecule has 0 amide bonds. The van der Waals surface area contributed by atoms with E-state index in [1.165, 1.54) is 7.11 Å². The standard InChI is InChI=1S/C15H23NO4/c1-4-9-16-13(15(2)8-5-10-19-15)11-6-7-12(20-11)14(17)18-3/h6-7,13,16H,4-5,8-10H2,1-3H3. The first-order chi connectivity index (χ1) is 9.60. The van der Waals surface area contributed by atoms with Crippen LogP contribution in [0.25, 0.3) is 0 Å². The highest BCUT2D eigenvalue weighted by molar-refractivity contribution is 5.86. The first kappa shape index (κ1) is 15.1. The molecule has 1 aromatic heterocycles. The van der Waals surface area contributed by atoms with Crippen molar-refractivity contribution in [2.24, 2.45) is 0 Å². The molecule has 1 aliphatic heterocycles. The molecule has 0 saturated carbocycles. The second-order valence-electron chi connectivity index (χ2n) is 5.35. The van der Waals surface area contributed by atoms with Gasteiger partial charge in [0.1, 0.15) is 5.76 Å². The lowest BCUT2D eigenvalue weighted by Gasteiger charge is -2.32. The summed E-state index contributed by atoms with van der Waals surface area (Å²) in [4.78, 5) is 11.5. The molecule has 0 aliphatic carbocycles. The smallest absolute Gasteiger partial charge is 0.373 e. The fraction of sp³-hybridized carbons (Fsp3) is 0.667. The zero-order valence-corrected chi connectivity index (χ0v) is 12.4. The number of methoxy groups -OCH3 is 1. The minimum atomic E-state index is -0.456. The van der Waals surface area contributed by atoms with E-state index in [2.05, 4.69) is 23.9 Å². The molecular weight excluding hydrogens is 258 g/mol. The number of rotatable bonds is 6. The third-order valence-corrected chi connectivity index (χ3v) is 3.76. The van der Waals surface area contributed by atoms with Crippen molar-refractivity contribution in [2.75, 3.05) is 20.3 Å². The van der Waals surface area contributed by atoms with Crippen LogP contribution >= 0.6 is 0 Å². The van der Waals surface area contributed by atoms with Crippen molar-refractivity contribution in [1.29, 1.82) is 0 Å². The second kappa shape index (κ2) is 6.41. The van der Waals surface area contributed by atoms with Gasteiger partial charge in [-0.3, -0.25) is 0 Å². The molecule has 2 unspecified atom stereocenters. The quantitative estimate of drug-likeness (QED) is 0.812. The summed E-state index contributed by atoms with van der Waals surface area (Å²) >= 11 is 0. The maximum absolute atomic E-state index is 11.5. The summed E-state index contributed by atoms with van der Waals surface area (Å²) in [5.74, 6) is 0.499. The molecule has 2 heterocycles. The Balaban J connectivity index is 2.21. The van der Waals surface area contributed by atoms with Crippen LogP contribution < -0.4 is 5.32 Å². The van der Waals surface area contributed by atoms with Crippen molar-refractivity contribution in [3.05, 3.63) is 23.7 Å². The van der Waals surface area contributed by atoms with Gasteiger partial charge in [0.25, 0.3) is 0 Å². The molecule has 1 saturated heterocycles. The van der Waals surface area contributed by atoms with Crippen molar-refractivity contribution in [3.8, 4) is 0 Å². The Kier molecular flexibility index (Phi) is 4.83. The van der Waals surface area contributed by atoms with Crippen molar-refractivity contribution < 1.29 is 18.7 Å². The van der Waals surface area contributed by atoms with Crippen LogP contribution in [0.5, 0.6) is 0 Å². The van der Waals surface area contributed by atoms with Gasteiger partial charge in [-0.1, -0.05) is 6.92 Å². The van der Waals surface area contributed by atoms with Crippen LogP contribution in [-0.2, 0) is 9.47 Å². The Labute approximate surface area is 119 Å². The predicted molar refractivity (Wildman–Crippen MR) is 74.7 cm³/mol. The normalized spacial score (nSPS) is 23.8. The Hall–Kier alpha value is -1.33. The molecule has 20 heavy (non-hydrogen) atoms.